The van der Waals surface area contributed by atoms with Crippen molar-refractivity contribution in [2.24, 2.45) is 0 Å². The standard InChI is InChI=1S/C16H24N4O4S/c1-8(2)23-11-10(7-21)24-14(16(11,3)22)20-6-5-9-12(17)18-15(25-4)19-13(9)20/h5-6,8,10-11,14,21-22H,7H2,1-4H3,(H2,17,18,19)/t10-,11-,14?,16-/m1/s1. The molecule has 1 saturated heterocycles. The average Bonchev–Trinajstić information content (AvgIpc) is 3.07. The molecule has 2 aromatic rings. The molecule has 138 valence electrons. The Balaban J connectivity index is 2.07. The van der Waals surface area contributed by atoms with Crippen molar-refractivity contribution in [3.63, 3.8) is 0 Å². The van der Waals surface area contributed by atoms with E-state index in [0.29, 0.717) is 22.0 Å². The fourth-order valence-electron chi connectivity index (χ4n) is 3.21. The zero-order valence-electron chi connectivity index (χ0n) is 14.7. The first-order valence-corrected chi connectivity index (χ1v) is 9.34. The molecule has 1 fully saturated rings. The van der Waals surface area contributed by atoms with Gasteiger partial charge in [-0.15, -0.1) is 0 Å². The minimum Gasteiger partial charge on any atom is -0.394 e. The van der Waals surface area contributed by atoms with Gasteiger partial charge in [-0.1, -0.05) is 11.8 Å². The number of thioether (sulfide) groups is 1. The Morgan fingerprint density at radius 2 is 2.20 bits per heavy atom. The summed E-state index contributed by atoms with van der Waals surface area (Å²) in [6, 6.07) is 1.79. The van der Waals surface area contributed by atoms with Gasteiger partial charge in [0.15, 0.2) is 11.4 Å². The van der Waals surface area contributed by atoms with Crippen molar-refractivity contribution in [3.05, 3.63) is 12.3 Å². The van der Waals surface area contributed by atoms with Crippen molar-refractivity contribution in [2.45, 2.75) is 56.1 Å². The van der Waals surface area contributed by atoms with E-state index in [1.54, 1.807) is 23.8 Å². The molecule has 0 saturated carbocycles. The number of rotatable bonds is 5. The summed E-state index contributed by atoms with van der Waals surface area (Å²) in [7, 11) is 0. The van der Waals surface area contributed by atoms with E-state index in [1.807, 2.05) is 20.1 Å². The Morgan fingerprint density at radius 1 is 1.48 bits per heavy atom. The largest absolute Gasteiger partial charge is 0.394 e. The number of nitrogens with zero attached hydrogens (tertiary/aromatic N) is 3. The first kappa shape index (κ1) is 18.4. The summed E-state index contributed by atoms with van der Waals surface area (Å²) >= 11 is 1.38. The van der Waals surface area contributed by atoms with Crippen molar-refractivity contribution >= 4 is 28.6 Å². The van der Waals surface area contributed by atoms with Crippen LogP contribution in [0.5, 0.6) is 0 Å². The van der Waals surface area contributed by atoms with Gasteiger partial charge in [0, 0.05) is 6.20 Å². The van der Waals surface area contributed by atoms with Crippen LogP contribution in [0.2, 0.25) is 0 Å². The quantitative estimate of drug-likeness (QED) is 0.532. The third-order valence-electron chi connectivity index (χ3n) is 4.33. The minimum absolute atomic E-state index is 0.115. The predicted octanol–water partition coefficient (Wildman–Crippen LogP) is 1.17. The second-order valence-electron chi connectivity index (χ2n) is 6.60. The van der Waals surface area contributed by atoms with Crippen molar-refractivity contribution in [1.82, 2.24) is 14.5 Å². The van der Waals surface area contributed by atoms with E-state index in [2.05, 4.69) is 9.97 Å². The van der Waals surface area contributed by atoms with Crippen molar-refractivity contribution < 1.29 is 19.7 Å². The van der Waals surface area contributed by atoms with Crippen LogP contribution in [0.25, 0.3) is 11.0 Å². The van der Waals surface area contributed by atoms with Gasteiger partial charge in [-0.3, -0.25) is 0 Å². The maximum absolute atomic E-state index is 11.1. The minimum atomic E-state index is -1.36. The summed E-state index contributed by atoms with van der Waals surface area (Å²) in [6.45, 7) is 5.14. The Labute approximate surface area is 150 Å². The highest BCUT2D eigenvalue weighted by Gasteiger charge is 2.54. The van der Waals surface area contributed by atoms with Gasteiger partial charge < -0.3 is 30.0 Å². The van der Waals surface area contributed by atoms with Crippen molar-refractivity contribution in [1.29, 1.82) is 0 Å². The normalized spacial score (nSPS) is 29.8. The van der Waals surface area contributed by atoms with Crippen molar-refractivity contribution in [2.75, 3.05) is 18.6 Å². The van der Waals surface area contributed by atoms with Gasteiger partial charge in [0.05, 0.1) is 18.1 Å². The van der Waals surface area contributed by atoms with Crippen LogP contribution in [-0.4, -0.2) is 61.5 Å². The highest BCUT2D eigenvalue weighted by atomic mass is 32.2. The molecule has 0 bridgehead atoms. The van der Waals surface area contributed by atoms with E-state index < -0.39 is 24.0 Å². The number of ether oxygens (including phenoxy) is 2. The predicted molar refractivity (Wildman–Crippen MR) is 95.4 cm³/mol. The van der Waals surface area contributed by atoms with E-state index in [1.165, 1.54) is 11.8 Å². The molecule has 4 atom stereocenters. The van der Waals surface area contributed by atoms with Crippen LogP contribution in [-0.2, 0) is 9.47 Å². The fraction of sp³-hybridized carbons (Fsp3) is 0.625. The Kier molecular flexibility index (Phi) is 4.95. The molecule has 2 aromatic heterocycles. The molecule has 0 radical (unpaired) electrons. The van der Waals surface area contributed by atoms with Crippen LogP contribution in [0, 0.1) is 0 Å². The van der Waals surface area contributed by atoms with E-state index in [0.717, 1.165) is 0 Å². The second-order valence-corrected chi connectivity index (χ2v) is 7.37. The summed E-state index contributed by atoms with van der Waals surface area (Å²) in [5, 5.41) is 22.0. The van der Waals surface area contributed by atoms with Crippen molar-refractivity contribution in [3.8, 4) is 0 Å². The SMILES string of the molecule is CSc1nc(N)c2ccn(C3O[C@H](CO)[C@@H](OC(C)C)[C@@]3(C)O)c2n1. The molecule has 25 heavy (non-hydrogen) atoms. The lowest BCUT2D eigenvalue weighted by Gasteiger charge is -2.31. The van der Waals surface area contributed by atoms with E-state index >= 15 is 0 Å². The molecule has 0 aromatic carbocycles. The maximum atomic E-state index is 11.1. The molecule has 0 amide bonds. The summed E-state index contributed by atoms with van der Waals surface area (Å²) in [4.78, 5) is 8.73. The number of hydrogen-bond donors (Lipinski definition) is 3. The molecular formula is C16H24N4O4S. The van der Waals surface area contributed by atoms with Crippen LogP contribution in [0.15, 0.2) is 17.4 Å². The molecule has 3 rings (SSSR count). The molecule has 1 aliphatic heterocycles. The van der Waals surface area contributed by atoms with Crippen LogP contribution < -0.4 is 5.73 Å². The zero-order chi connectivity index (χ0) is 18.4. The van der Waals surface area contributed by atoms with Gasteiger partial charge in [0.25, 0.3) is 0 Å². The third kappa shape index (κ3) is 3.11. The number of nitrogens with two attached hydrogens (primary N) is 1. The molecule has 1 unspecified atom stereocenters. The summed E-state index contributed by atoms with van der Waals surface area (Å²) < 4.78 is 13.5. The number of aliphatic hydroxyl groups is 2. The molecule has 0 spiro atoms. The Bertz CT molecular complexity index is 764. The highest BCUT2D eigenvalue weighted by molar-refractivity contribution is 7.98. The van der Waals surface area contributed by atoms with E-state index in [9.17, 15) is 10.2 Å². The molecule has 9 heteroatoms. The highest BCUT2D eigenvalue weighted by Crippen LogP contribution is 2.42. The second kappa shape index (κ2) is 6.73. The zero-order valence-corrected chi connectivity index (χ0v) is 15.5. The summed E-state index contributed by atoms with van der Waals surface area (Å²) in [5.74, 6) is 0.374. The van der Waals surface area contributed by atoms with Gasteiger partial charge in [0.2, 0.25) is 0 Å². The summed E-state index contributed by atoms with van der Waals surface area (Å²) in [6.07, 6.45) is 1.43. The van der Waals surface area contributed by atoms with Crippen LogP contribution >= 0.6 is 11.8 Å². The van der Waals surface area contributed by atoms with Crippen LogP contribution in [0.4, 0.5) is 5.82 Å². The Hall–Kier alpha value is -1.39. The topological polar surface area (TPSA) is 116 Å². The molecule has 1 aliphatic rings. The van der Waals surface area contributed by atoms with Gasteiger partial charge in [-0.05, 0) is 33.1 Å². The first-order chi connectivity index (χ1) is 11.8. The number of aliphatic hydroxyl groups excluding tert-OH is 1. The molecule has 3 heterocycles. The van der Waals surface area contributed by atoms with E-state index in [-0.39, 0.29) is 12.7 Å². The van der Waals surface area contributed by atoms with Crippen LogP contribution in [0.3, 0.4) is 0 Å². The maximum Gasteiger partial charge on any atom is 0.191 e. The van der Waals surface area contributed by atoms with Gasteiger partial charge in [-0.2, -0.15) is 0 Å². The Morgan fingerprint density at radius 3 is 2.80 bits per heavy atom. The number of anilines is 1. The molecule has 4 N–H and O–H groups in total. The monoisotopic (exact) mass is 368 g/mol. The lowest BCUT2D eigenvalue weighted by molar-refractivity contribution is -0.123. The third-order valence-corrected chi connectivity index (χ3v) is 4.88. The number of aromatic nitrogens is 3. The van der Waals surface area contributed by atoms with Gasteiger partial charge in [0.1, 0.15) is 29.3 Å². The van der Waals surface area contributed by atoms with Crippen LogP contribution in [0.1, 0.15) is 27.0 Å². The molecular weight excluding hydrogens is 344 g/mol. The number of hydrogen-bond acceptors (Lipinski definition) is 8. The smallest absolute Gasteiger partial charge is 0.191 e. The lowest BCUT2D eigenvalue weighted by Crippen LogP contribution is -2.47. The first-order valence-electron chi connectivity index (χ1n) is 8.11. The number of nitrogen functional groups attached to an aromatic ring is 1. The summed E-state index contributed by atoms with van der Waals surface area (Å²) in [5.41, 5.74) is 5.23. The molecule has 0 aliphatic carbocycles. The van der Waals surface area contributed by atoms with E-state index in [4.69, 9.17) is 15.2 Å². The number of fused-ring (bicyclic) bond motifs is 1. The average molecular weight is 368 g/mol. The molecule has 8 nitrogen and oxygen atoms in total. The fourth-order valence-corrected chi connectivity index (χ4v) is 3.58. The lowest BCUT2D eigenvalue weighted by atomic mass is 9.96. The van der Waals surface area contributed by atoms with Gasteiger partial charge in [-0.25, -0.2) is 9.97 Å². The van der Waals surface area contributed by atoms with Gasteiger partial charge >= 0.3 is 0 Å².